The second-order valence-electron chi connectivity index (χ2n) is 6.98. The van der Waals surface area contributed by atoms with Crippen LogP contribution in [-0.4, -0.2) is 63.1 Å². The highest BCUT2D eigenvalue weighted by Crippen LogP contribution is 2.23. The second-order valence-corrected chi connectivity index (χ2v) is 9.73. The third-order valence-corrected chi connectivity index (χ3v) is 7.02. The Morgan fingerprint density at radius 3 is 2.56 bits per heavy atom. The van der Waals surface area contributed by atoms with E-state index in [1.165, 1.54) is 12.1 Å². The lowest BCUT2D eigenvalue weighted by molar-refractivity contribution is 0.305. The molecule has 0 saturated carbocycles. The Morgan fingerprint density at radius 2 is 1.96 bits per heavy atom. The smallest absolute Gasteiger partial charge is 0.193 e. The van der Waals surface area contributed by atoms with Gasteiger partial charge in [-0.1, -0.05) is 0 Å². The van der Waals surface area contributed by atoms with Crippen LogP contribution < -0.4 is 10.1 Å². The highest BCUT2D eigenvalue weighted by Gasteiger charge is 2.40. The molecule has 0 bridgehead atoms. The molecule has 0 unspecified atom stereocenters. The molecule has 1 heterocycles. The summed E-state index contributed by atoms with van der Waals surface area (Å²) in [7, 11) is -1.36. The maximum atomic E-state index is 12.8. The molecule has 154 valence electrons. The SMILES string of the molecule is CN=C(NCCCCOc1ccc(F)cc1)N1CCS(=O)(=O)C(C)(C)C1.I. The van der Waals surface area contributed by atoms with Gasteiger partial charge in [0, 0.05) is 26.7 Å². The van der Waals surface area contributed by atoms with E-state index in [1.807, 2.05) is 4.90 Å². The summed E-state index contributed by atoms with van der Waals surface area (Å²) in [6.45, 7) is 5.69. The lowest BCUT2D eigenvalue weighted by Crippen LogP contribution is -2.57. The Labute approximate surface area is 178 Å². The van der Waals surface area contributed by atoms with Crippen molar-refractivity contribution in [3.63, 3.8) is 0 Å². The fourth-order valence-electron chi connectivity index (χ4n) is 2.80. The molecule has 9 heteroatoms. The molecule has 0 spiro atoms. The minimum Gasteiger partial charge on any atom is -0.494 e. The van der Waals surface area contributed by atoms with Crippen molar-refractivity contribution in [2.24, 2.45) is 4.99 Å². The number of nitrogens with one attached hydrogen (secondary N) is 1. The quantitative estimate of drug-likeness (QED) is 0.274. The van der Waals surface area contributed by atoms with Crippen LogP contribution in [0.2, 0.25) is 0 Å². The zero-order chi connectivity index (χ0) is 19.2. The summed E-state index contributed by atoms with van der Waals surface area (Å²) >= 11 is 0. The standard InChI is InChI=1S/C18H28FN3O3S.HI/c1-18(2)14-22(11-13-26(18,23)24)17(20-3)21-10-4-5-12-25-16-8-6-15(19)7-9-16;/h6-9H,4-5,10-14H2,1-3H3,(H,20,21);1H. The molecule has 27 heavy (non-hydrogen) atoms. The van der Waals surface area contributed by atoms with Crippen molar-refractivity contribution >= 4 is 39.8 Å². The first-order valence-corrected chi connectivity index (χ1v) is 10.5. The highest BCUT2D eigenvalue weighted by atomic mass is 127. The first-order chi connectivity index (χ1) is 12.2. The van der Waals surface area contributed by atoms with Gasteiger partial charge >= 0.3 is 0 Å². The number of unbranched alkanes of at least 4 members (excludes halogenated alkanes) is 1. The van der Waals surface area contributed by atoms with Gasteiger partial charge in [-0.25, -0.2) is 12.8 Å². The fourth-order valence-corrected chi connectivity index (χ4v) is 4.17. The zero-order valence-corrected chi connectivity index (χ0v) is 19.2. The molecule has 0 aromatic heterocycles. The molecular weight excluding hydrogens is 484 g/mol. The van der Waals surface area contributed by atoms with Crippen LogP contribution in [-0.2, 0) is 9.84 Å². The number of hydrogen-bond donors (Lipinski definition) is 1. The predicted octanol–water partition coefficient (Wildman–Crippen LogP) is 2.69. The van der Waals surface area contributed by atoms with Crippen LogP contribution >= 0.6 is 24.0 Å². The minimum atomic E-state index is -3.06. The summed E-state index contributed by atoms with van der Waals surface area (Å²) in [6.07, 6.45) is 1.73. The predicted molar refractivity (Wildman–Crippen MR) is 117 cm³/mol. The first-order valence-electron chi connectivity index (χ1n) is 8.81. The molecule has 1 fully saturated rings. The minimum absolute atomic E-state index is 0. The largest absolute Gasteiger partial charge is 0.494 e. The lowest BCUT2D eigenvalue weighted by Gasteiger charge is -2.39. The van der Waals surface area contributed by atoms with Crippen molar-refractivity contribution in [3.05, 3.63) is 30.1 Å². The van der Waals surface area contributed by atoms with E-state index < -0.39 is 14.6 Å². The molecule has 1 aliphatic rings. The number of ether oxygens (including phenoxy) is 1. The molecule has 1 aliphatic heterocycles. The fraction of sp³-hybridized carbons (Fsp3) is 0.611. The molecule has 1 N–H and O–H groups in total. The Hall–Kier alpha value is -1.10. The van der Waals surface area contributed by atoms with Gasteiger partial charge in [0.25, 0.3) is 0 Å². The normalized spacial score (nSPS) is 18.5. The third kappa shape index (κ3) is 6.78. The van der Waals surface area contributed by atoms with Gasteiger partial charge in [0.05, 0.1) is 17.1 Å². The van der Waals surface area contributed by atoms with Crippen LogP contribution in [0.3, 0.4) is 0 Å². The van der Waals surface area contributed by atoms with E-state index >= 15 is 0 Å². The average Bonchev–Trinajstić information content (AvgIpc) is 2.58. The van der Waals surface area contributed by atoms with Crippen molar-refractivity contribution < 1.29 is 17.5 Å². The van der Waals surface area contributed by atoms with E-state index in [2.05, 4.69) is 10.3 Å². The summed E-state index contributed by atoms with van der Waals surface area (Å²) in [4.78, 5) is 6.26. The van der Waals surface area contributed by atoms with Gasteiger partial charge in [-0.05, 0) is 51.0 Å². The molecule has 0 atom stereocenters. The third-order valence-electron chi connectivity index (χ3n) is 4.49. The Balaban J connectivity index is 0.00000364. The topological polar surface area (TPSA) is 71.0 Å². The monoisotopic (exact) mass is 513 g/mol. The number of rotatable bonds is 6. The molecule has 0 radical (unpaired) electrons. The maximum Gasteiger partial charge on any atom is 0.193 e. The lowest BCUT2D eigenvalue weighted by atomic mass is 10.2. The molecule has 0 amide bonds. The van der Waals surface area contributed by atoms with Crippen LogP contribution in [0.5, 0.6) is 5.75 Å². The summed E-state index contributed by atoms with van der Waals surface area (Å²) in [5.41, 5.74) is 0. The molecule has 1 saturated heterocycles. The summed E-state index contributed by atoms with van der Waals surface area (Å²) in [6, 6.07) is 5.98. The number of benzene rings is 1. The number of nitrogens with zero attached hydrogens (tertiary/aromatic N) is 2. The van der Waals surface area contributed by atoms with Crippen LogP contribution in [0.15, 0.2) is 29.3 Å². The molecule has 1 aromatic rings. The van der Waals surface area contributed by atoms with Gasteiger partial charge in [-0.2, -0.15) is 0 Å². The first kappa shape index (κ1) is 23.9. The van der Waals surface area contributed by atoms with Crippen molar-refractivity contribution in [1.29, 1.82) is 0 Å². The number of hydrogen-bond acceptors (Lipinski definition) is 4. The number of aliphatic imine (C=N–C) groups is 1. The summed E-state index contributed by atoms with van der Waals surface area (Å²) < 4.78 is 41.8. The van der Waals surface area contributed by atoms with Gasteiger partial charge in [-0.3, -0.25) is 4.99 Å². The van der Waals surface area contributed by atoms with Crippen molar-refractivity contribution in [2.45, 2.75) is 31.4 Å². The average molecular weight is 513 g/mol. The summed E-state index contributed by atoms with van der Waals surface area (Å²) in [5.74, 6) is 1.26. The molecule has 0 aliphatic carbocycles. The maximum absolute atomic E-state index is 12.8. The van der Waals surface area contributed by atoms with Gasteiger partial charge in [0.2, 0.25) is 0 Å². The number of guanidine groups is 1. The van der Waals surface area contributed by atoms with Crippen molar-refractivity contribution in [2.75, 3.05) is 39.0 Å². The van der Waals surface area contributed by atoms with E-state index in [-0.39, 0.29) is 35.5 Å². The van der Waals surface area contributed by atoms with Crippen molar-refractivity contribution in [1.82, 2.24) is 10.2 Å². The highest BCUT2D eigenvalue weighted by molar-refractivity contribution is 14.0. The van der Waals surface area contributed by atoms with Gasteiger partial charge < -0.3 is 15.0 Å². The van der Waals surface area contributed by atoms with Gasteiger partial charge in [0.1, 0.15) is 11.6 Å². The van der Waals surface area contributed by atoms with E-state index in [1.54, 1.807) is 33.0 Å². The molecule has 2 rings (SSSR count). The van der Waals surface area contributed by atoms with E-state index in [0.29, 0.717) is 25.4 Å². The zero-order valence-electron chi connectivity index (χ0n) is 16.1. The Kier molecular flexibility index (Phi) is 9.26. The number of halogens is 2. The van der Waals surface area contributed by atoms with Gasteiger partial charge in [-0.15, -0.1) is 24.0 Å². The Morgan fingerprint density at radius 1 is 1.30 bits per heavy atom. The molecule has 1 aromatic carbocycles. The van der Waals surface area contributed by atoms with Crippen LogP contribution in [0.1, 0.15) is 26.7 Å². The van der Waals surface area contributed by atoms with E-state index in [0.717, 1.165) is 25.3 Å². The second kappa shape index (κ2) is 10.4. The summed E-state index contributed by atoms with van der Waals surface area (Å²) in [5, 5.41) is 3.29. The van der Waals surface area contributed by atoms with Crippen LogP contribution in [0.25, 0.3) is 0 Å². The van der Waals surface area contributed by atoms with Crippen molar-refractivity contribution in [3.8, 4) is 5.75 Å². The van der Waals surface area contributed by atoms with E-state index in [9.17, 15) is 12.8 Å². The number of sulfone groups is 1. The van der Waals surface area contributed by atoms with Gasteiger partial charge in [0.15, 0.2) is 15.8 Å². The van der Waals surface area contributed by atoms with Crippen LogP contribution in [0, 0.1) is 5.82 Å². The Bertz CT molecular complexity index is 724. The molecule has 6 nitrogen and oxygen atoms in total. The van der Waals surface area contributed by atoms with E-state index in [4.69, 9.17) is 4.74 Å². The van der Waals surface area contributed by atoms with Crippen LogP contribution in [0.4, 0.5) is 4.39 Å². The molecular formula is C18H29FIN3O3S.